The SMILES string of the molecule is CSc1nc(Oc2ccc(C(C)C)cc2)cc(-n2cncn2)n1. The Bertz CT molecular complexity index is 772. The molecule has 0 spiro atoms. The van der Waals surface area contributed by atoms with E-state index in [-0.39, 0.29) is 0 Å². The molecule has 0 aliphatic heterocycles. The van der Waals surface area contributed by atoms with Crippen molar-refractivity contribution in [2.45, 2.75) is 24.9 Å². The number of benzene rings is 1. The minimum Gasteiger partial charge on any atom is -0.439 e. The highest BCUT2D eigenvalue weighted by Gasteiger charge is 2.09. The lowest BCUT2D eigenvalue weighted by Gasteiger charge is -2.09. The van der Waals surface area contributed by atoms with Crippen LogP contribution in [-0.2, 0) is 0 Å². The van der Waals surface area contributed by atoms with E-state index in [9.17, 15) is 0 Å². The van der Waals surface area contributed by atoms with Gasteiger partial charge >= 0.3 is 0 Å². The molecule has 118 valence electrons. The van der Waals surface area contributed by atoms with Crippen LogP contribution < -0.4 is 4.74 Å². The number of aromatic nitrogens is 5. The normalized spacial score (nSPS) is 11.0. The maximum absolute atomic E-state index is 5.87. The molecule has 1 aromatic carbocycles. The van der Waals surface area contributed by atoms with Gasteiger partial charge in [0.2, 0.25) is 5.88 Å². The molecule has 0 aliphatic carbocycles. The fourth-order valence-corrected chi connectivity index (χ4v) is 2.39. The summed E-state index contributed by atoms with van der Waals surface area (Å²) in [4.78, 5) is 12.7. The van der Waals surface area contributed by atoms with Crippen molar-refractivity contribution in [2.24, 2.45) is 0 Å². The summed E-state index contributed by atoms with van der Waals surface area (Å²) in [6, 6.07) is 9.77. The van der Waals surface area contributed by atoms with Crippen LogP contribution in [0.15, 0.2) is 48.1 Å². The van der Waals surface area contributed by atoms with Gasteiger partial charge in [-0.2, -0.15) is 10.1 Å². The third-order valence-corrected chi connectivity index (χ3v) is 3.82. The number of thioether (sulfide) groups is 1. The molecular formula is C16H17N5OS. The fourth-order valence-electron chi connectivity index (χ4n) is 2.02. The zero-order valence-electron chi connectivity index (χ0n) is 13.2. The van der Waals surface area contributed by atoms with Crippen molar-refractivity contribution < 1.29 is 4.74 Å². The van der Waals surface area contributed by atoms with Crippen LogP contribution in [0.2, 0.25) is 0 Å². The average molecular weight is 327 g/mol. The predicted octanol–water partition coefficient (Wildman–Crippen LogP) is 3.69. The molecular weight excluding hydrogens is 310 g/mol. The molecule has 2 aromatic heterocycles. The van der Waals surface area contributed by atoms with Crippen LogP contribution in [0.5, 0.6) is 11.6 Å². The first-order valence-corrected chi connectivity index (χ1v) is 8.44. The second-order valence-corrected chi connectivity index (χ2v) is 5.99. The van der Waals surface area contributed by atoms with E-state index in [1.807, 2.05) is 18.4 Å². The van der Waals surface area contributed by atoms with E-state index in [4.69, 9.17) is 4.74 Å². The second-order valence-electron chi connectivity index (χ2n) is 5.22. The highest BCUT2D eigenvalue weighted by Crippen LogP contribution is 2.25. The van der Waals surface area contributed by atoms with E-state index in [1.165, 1.54) is 23.7 Å². The van der Waals surface area contributed by atoms with Gasteiger partial charge in [-0.3, -0.25) is 0 Å². The Balaban J connectivity index is 1.88. The number of hydrogen-bond acceptors (Lipinski definition) is 6. The maximum atomic E-state index is 5.87. The Morgan fingerprint density at radius 2 is 1.91 bits per heavy atom. The van der Waals surface area contributed by atoms with Gasteiger partial charge in [0.25, 0.3) is 0 Å². The Morgan fingerprint density at radius 1 is 1.13 bits per heavy atom. The molecule has 0 bridgehead atoms. The fraction of sp³-hybridized carbons (Fsp3) is 0.250. The van der Waals surface area contributed by atoms with Crippen LogP contribution in [-0.4, -0.2) is 31.0 Å². The summed E-state index contributed by atoms with van der Waals surface area (Å²) in [6.45, 7) is 4.32. The molecule has 0 fully saturated rings. The van der Waals surface area contributed by atoms with Crippen LogP contribution in [0.3, 0.4) is 0 Å². The Morgan fingerprint density at radius 3 is 2.52 bits per heavy atom. The van der Waals surface area contributed by atoms with E-state index in [0.717, 1.165) is 5.75 Å². The molecule has 0 radical (unpaired) electrons. The highest BCUT2D eigenvalue weighted by atomic mass is 32.2. The number of rotatable bonds is 5. The Kier molecular flexibility index (Phi) is 4.57. The van der Waals surface area contributed by atoms with Crippen molar-refractivity contribution in [1.82, 2.24) is 24.7 Å². The first-order valence-electron chi connectivity index (χ1n) is 7.21. The van der Waals surface area contributed by atoms with Crippen LogP contribution in [0.1, 0.15) is 25.3 Å². The summed E-state index contributed by atoms with van der Waals surface area (Å²) in [6.07, 6.45) is 4.97. The summed E-state index contributed by atoms with van der Waals surface area (Å²) in [5.74, 6) is 2.33. The molecule has 7 heteroatoms. The molecule has 0 unspecified atom stereocenters. The molecule has 0 saturated heterocycles. The maximum Gasteiger partial charge on any atom is 0.225 e. The molecule has 3 rings (SSSR count). The Hall–Kier alpha value is -2.41. The van der Waals surface area contributed by atoms with Gasteiger partial charge in [-0.05, 0) is 29.9 Å². The summed E-state index contributed by atoms with van der Waals surface area (Å²) in [7, 11) is 0. The topological polar surface area (TPSA) is 65.7 Å². The quantitative estimate of drug-likeness (QED) is 0.526. The van der Waals surface area contributed by atoms with Crippen LogP contribution in [0.25, 0.3) is 5.82 Å². The van der Waals surface area contributed by atoms with Crippen LogP contribution in [0, 0.1) is 0 Å². The zero-order chi connectivity index (χ0) is 16.2. The zero-order valence-corrected chi connectivity index (χ0v) is 14.0. The molecule has 23 heavy (non-hydrogen) atoms. The van der Waals surface area contributed by atoms with Gasteiger partial charge in [-0.25, -0.2) is 14.6 Å². The minimum atomic E-state index is 0.479. The van der Waals surface area contributed by atoms with E-state index < -0.39 is 0 Å². The lowest BCUT2D eigenvalue weighted by Crippen LogP contribution is -2.02. The summed E-state index contributed by atoms with van der Waals surface area (Å²) >= 11 is 1.45. The second kappa shape index (κ2) is 6.78. The smallest absolute Gasteiger partial charge is 0.225 e. The number of ether oxygens (including phenoxy) is 1. The lowest BCUT2D eigenvalue weighted by atomic mass is 10.0. The third kappa shape index (κ3) is 3.68. The highest BCUT2D eigenvalue weighted by molar-refractivity contribution is 7.98. The van der Waals surface area contributed by atoms with Crippen LogP contribution >= 0.6 is 11.8 Å². The van der Waals surface area contributed by atoms with Crippen LogP contribution in [0.4, 0.5) is 0 Å². The van der Waals surface area contributed by atoms with Crippen molar-refractivity contribution in [3.8, 4) is 17.4 Å². The van der Waals surface area contributed by atoms with Gasteiger partial charge in [0.05, 0.1) is 0 Å². The molecule has 6 nitrogen and oxygen atoms in total. The third-order valence-electron chi connectivity index (χ3n) is 3.27. The first-order chi connectivity index (χ1) is 11.2. The standard InChI is InChI=1S/C16H17N5OS/c1-11(2)12-4-6-13(7-5-12)22-15-8-14(19-16(20-15)23-3)21-10-17-9-18-21/h4-11H,1-3H3. The summed E-state index contributed by atoms with van der Waals surface area (Å²) < 4.78 is 7.45. The van der Waals surface area contributed by atoms with Gasteiger partial charge in [0, 0.05) is 6.07 Å². The Labute approximate surface area is 139 Å². The molecule has 0 amide bonds. The predicted molar refractivity (Wildman–Crippen MR) is 89.3 cm³/mol. The molecule has 0 N–H and O–H groups in total. The molecule has 3 aromatic rings. The molecule has 2 heterocycles. The summed E-state index contributed by atoms with van der Waals surface area (Å²) in [5, 5.41) is 4.71. The van der Waals surface area contributed by atoms with Crippen molar-refractivity contribution in [1.29, 1.82) is 0 Å². The van der Waals surface area contributed by atoms with Crippen molar-refractivity contribution in [3.05, 3.63) is 48.5 Å². The van der Waals surface area contributed by atoms with Gasteiger partial charge in [-0.1, -0.05) is 37.7 Å². The molecule has 0 atom stereocenters. The summed E-state index contributed by atoms with van der Waals surface area (Å²) in [5.41, 5.74) is 1.27. The van der Waals surface area contributed by atoms with Gasteiger partial charge < -0.3 is 4.74 Å². The van der Waals surface area contributed by atoms with Crippen molar-refractivity contribution in [3.63, 3.8) is 0 Å². The van der Waals surface area contributed by atoms with E-state index in [0.29, 0.717) is 22.8 Å². The monoisotopic (exact) mass is 327 g/mol. The number of hydrogen-bond donors (Lipinski definition) is 0. The average Bonchev–Trinajstić information content (AvgIpc) is 3.09. The van der Waals surface area contributed by atoms with Gasteiger partial charge in [0.1, 0.15) is 18.4 Å². The van der Waals surface area contributed by atoms with E-state index in [1.54, 1.807) is 17.1 Å². The van der Waals surface area contributed by atoms with Gasteiger partial charge in [-0.15, -0.1) is 0 Å². The molecule has 0 aliphatic rings. The first kappa shape index (κ1) is 15.5. The van der Waals surface area contributed by atoms with E-state index in [2.05, 4.69) is 46.0 Å². The van der Waals surface area contributed by atoms with Gasteiger partial charge in [0.15, 0.2) is 11.0 Å². The largest absolute Gasteiger partial charge is 0.439 e. The van der Waals surface area contributed by atoms with Crippen molar-refractivity contribution >= 4 is 11.8 Å². The number of nitrogens with zero attached hydrogens (tertiary/aromatic N) is 5. The lowest BCUT2D eigenvalue weighted by molar-refractivity contribution is 0.454. The minimum absolute atomic E-state index is 0.479. The van der Waals surface area contributed by atoms with E-state index >= 15 is 0 Å². The van der Waals surface area contributed by atoms with Crippen molar-refractivity contribution in [2.75, 3.05) is 6.26 Å². The molecule has 0 saturated carbocycles.